The van der Waals surface area contributed by atoms with Crippen molar-refractivity contribution in [3.05, 3.63) is 59.7 Å². The van der Waals surface area contributed by atoms with Crippen LogP contribution in [0, 0.1) is 0 Å². The largest absolute Gasteiger partial charge is 0.497 e. The fourth-order valence-electron chi connectivity index (χ4n) is 3.64. The van der Waals surface area contributed by atoms with Crippen LogP contribution in [0.15, 0.2) is 48.5 Å². The van der Waals surface area contributed by atoms with E-state index in [1.54, 1.807) is 14.2 Å². The highest BCUT2D eigenvalue weighted by molar-refractivity contribution is 7.91. The molecule has 1 saturated heterocycles. The van der Waals surface area contributed by atoms with Crippen LogP contribution >= 0.6 is 0 Å². The lowest BCUT2D eigenvalue weighted by Gasteiger charge is -2.33. The van der Waals surface area contributed by atoms with Crippen LogP contribution in [0.25, 0.3) is 0 Å². The molecule has 7 nitrogen and oxygen atoms in total. The van der Waals surface area contributed by atoms with E-state index >= 15 is 0 Å². The highest BCUT2D eigenvalue weighted by Crippen LogP contribution is 2.25. The number of carbonyl (C=O) groups excluding carboxylic acids is 1. The molecule has 0 aliphatic carbocycles. The molecule has 8 heteroatoms. The third kappa shape index (κ3) is 5.52. The summed E-state index contributed by atoms with van der Waals surface area (Å²) >= 11 is 0. The molecule has 0 spiro atoms. The minimum Gasteiger partial charge on any atom is -0.497 e. The van der Waals surface area contributed by atoms with Gasteiger partial charge in [0.1, 0.15) is 17.5 Å². The van der Waals surface area contributed by atoms with Crippen LogP contribution in [0.1, 0.15) is 17.2 Å². The summed E-state index contributed by atoms with van der Waals surface area (Å²) in [6.45, 7) is 1.12. The first-order valence-corrected chi connectivity index (χ1v) is 11.7. The van der Waals surface area contributed by atoms with Gasteiger partial charge in [0.15, 0.2) is 9.84 Å². The first-order valence-electron chi connectivity index (χ1n) is 9.91. The summed E-state index contributed by atoms with van der Waals surface area (Å²) in [5.74, 6) is 1.48. The van der Waals surface area contributed by atoms with Crippen LogP contribution < -0.4 is 14.8 Å². The van der Waals surface area contributed by atoms with Crippen molar-refractivity contribution in [1.82, 2.24) is 10.2 Å². The Labute approximate surface area is 177 Å². The molecule has 30 heavy (non-hydrogen) atoms. The van der Waals surface area contributed by atoms with E-state index < -0.39 is 15.9 Å². The van der Waals surface area contributed by atoms with Gasteiger partial charge in [-0.15, -0.1) is 0 Å². The lowest BCUT2D eigenvalue weighted by atomic mass is 10.0. The maximum atomic E-state index is 13.1. The third-order valence-corrected chi connectivity index (χ3v) is 6.90. The van der Waals surface area contributed by atoms with Crippen LogP contribution in [-0.2, 0) is 21.1 Å². The van der Waals surface area contributed by atoms with E-state index in [1.165, 1.54) is 0 Å². The smallest absolute Gasteiger partial charge is 0.241 e. The van der Waals surface area contributed by atoms with Gasteiger partial charge in [0.05, 0.1) is 25.7 Å². The number of amides is 1. The van der Waals surface area contributed by atoms with Crippen LogP contribution in [0.4, 0.5) is 0 Å². The number of nitrogens with one attached hydrogen (secondary N) is 1. The summed E-state index contributed by atoms with van der Waals surface area (Å²) in [6, 6.07) is 14.5. The number of benzene rings is 2. The summed E-state index contributed by atoms with van der Waals surface area (Å²) in [5.41, 5.74) is 1.80. The summed E-state index contributed by atoms with van der Waals surface area (Å²) in [7, 11) is 0.195. The second-order valence-corrected chi connectivity index (χ2v) is 9.52. The minimum absolute atomic E-state index is 0.0740. The van der Waals surface area contributed by atoms with Crippen LogP contribution in [0.5, 0.6) is 11.5 Å². The molecule has 2 aromatic rings. The Balaban J connectivity index is 1.70. The molecule has 1 unspecified atom stereocenters. The number of hydrogen-bond acceptors (Lipinski definition) is 6. The average Bonchev–Trinajstić information content (AvgIpc) is 2.75. The van der Waals surface area contributed by atoms with Gasteiger partial charge in [0.2, 0.25) is 5.91 Å². The van der Waals surface area contributed by atoms with Gasteiger partial charge < -0.3 is 14.8 Å². The molecule has 1 heterocycles. The molecule has 1 aliphatic heterocycles. The lowest BCUT2D eigenvalue weighted by Crippen LogP contribution is -2.47. The van der Waals surface area contributed by atoms with E-state index in [1.807, 2.05) is 53.4 Å². The van der Waals surface area contributed by atoms with Crippen molar-refractivity contribution in [2.45, 2.75) is 12.5 Å². The third-order valence-electron chi connectivity index (χ3n) is 5.29. The molecular weight excluding hydrogens is 404 g/mol. The number of hydrogen-bond donors (Lipinski definition) is 1. The van der Waals surface area contributed by atoms with Gasteiger partial charge in [-0.1, -0.05) is 30.3 Å². The second kappa shape index (κ2) is 9.95. The van der Waals surface area contributed by atoms with E-state index in [0.717, 1.165) is 22.6 Å². The Morgan fingerprint density at radius 1 is 1.07 bits per heavy atom. The van der Waals surface area contributed by atoms with Crippen molar-refractivity contribution < 1.29 is 22.7 Å². The predicted molar refractivity (Wildman–Crippen MR) is 116 cm³/mol. The first kappa shape index (κ1) is 22.1. The number of sulfone groups is 1. The van der Waals surface area contributed by atoms with Crippen molar-refractivity contribution in [2.24, 2.45) is 0 Å². The Morgan fingerprint density at radius 3 is 2.40 bits per heavy atom. The fraction of sp³-hybridized carbons (Fsp3) is 0.409. The molecule has 162 valence electrons. The number of carbonyl (C=O) groups is 1. The molecule has 1 fully saturated rings. The molecule has 2 aromatic carbocycles. The van der Waals surface area contributed by atoms with Gasteiger partial charge in [-0.25, -0.2) is 8.42 Å². The topological polar surface area (TPSA) is 84.9 Å². The van der Waals surface area contributed by atoms with Crippen molar-refractivity contribution >= 4 is 15.7 Å². The van der Waals surface area contributed by atoms with Crippen molar-refractivity contribution in [2.75, 3.05) is 45.4 Å². The minimum atomic E-state index is -3.02. The first-order chi connectivity index (χ1) is 14.4. The normalized spacial score (nSPS) is 17.1. The molecular formula is C22H28N2O5S. The quantitative estimate of drug-likeness (QED) is 0.685. The SMILES string of the molecule is COc1ccc(OC)c(CCNC(=O)C(c2ccccc2)N2CCS(=O)(=O)CC2)c1. The number of ether oxygens (including phenoxy) is 2. The summed E-state index contributed by atoms with van der Waals surface area (Å²) in [4.78, 5) is 15.1. The summed E-state index contributed by atoms with van der Waals surface area (Å²) in [6.07, 6.45) is 0.585. The van der Waals surface area contributed by atoms with Gasteiger partial charge in [-0.05, 0) is 35.7 Å². The van der Waals surface area contributed by atoms with E-state index in [9.17, 15) is 13.2 Å². The van der Waals surface area contributed by atoms with E-state index in [4.69, 9.17) is 9.47 Å². The standard InChI is InChI=1S/C22H28N2O5S/c1-28-19-8-9-20(29-2)18(16-19)10-11-23-22(25)21(17-6-4-3-5-7-17)24-12-14-30(26,27)15-13-24/h3-9,16,21H,10-15H2,1-2H3,(H,23,25). The number of rotatable bonds is 8. The number of methoxy groups -OCH3 is 2. The Morgan fingerprint density at radius 2 is 1.77 bits per heavy atom. The molecule has 0 saturated carbocycles. The zero-order valence-electron chi connectivity index (χ0n) is 17.3. The summed E-state index contributed by atoms with van der Waals surface area (Å²) in [5, 5.41) is 3.01. The molecule has 1 aliphatic rings. The highest BCUT2D eigenvalue weighted by atomic mass is 32.2. The molecule has 0 bridgehead atoms. The molecule has 0 radical (unpaired) electrons. The Hall–Kier alpha value is -2.58. The highest BCUT2D eigenvalue weighted by Gasteiger charge is 2.32. The van der Waals surface area contributed by atoms with Crippen molar-refractivity contribution in [3.63, 3.8) is 0 Å². The molecule has 3 rings (SSSR count). The van der Waals surface area contributed by atoms with Gasteiger partial charge in [-0.2, -0.15) is 0 Å². The van der Waals surface area contributed by atoms with E-state index in [2.05, 4.69) is 5.32 Å². The number of nitrogens with zero attached hydrogens (tertiary/aromatic N) is 1. The molecule has 1 N–H and O–H groups in total. The van der Waals surface area contributed by atoms with Crippen LogP contribution in [-0.4, -0.2) is 64.6 Å². The Kier molecular flexibility index (Phi) is 7.33. The van der Waals surface area contributed by atoms with Crippen molar-refractivity contribution in [1.29, 1.82) is 0 Å². The van der Waals surface area contributed by atoms with Gasteiger partial charge >= 0.3 is 0 Å². The molecule has 1 atom stereocenters. The Bertz CT molecular complexity index is 949. The lowest BCUT2D eigenvalue weighted by molar-refractivity contribution is -0.126. The van der Waals surface area contributed by atoms with Gasteiger partial charge in [-0.3, -0.25) is 9.69 Å². The van der Waals surface area contributed by atoms with Crippen LogP contribution in [0.3, 0.4) is 0 Å². The molecule has 1 amide bonds. The fourth-order valence-corrected chi connectivity index (χ4v) is 4.87. The average molecular weight is 433 g/mol. The maximum absolute atomic E-state index is 13.1. The zero-order valence-corrected chi connectivity index (χ0v) is 18.2. The second-order valence-electron chi connectivity index (χ2n) is 7.22. The summed E-state index contributed by atoms with van der Waals surface area (Å²) < 4.78 is 34.3. The van der Waals surface area contributed by atoms with Crippen molar-refractivity contribution in [3.8, 4) is 11.5 Å². The van der Waals surface area contributed by atoms with E-state index in [0.29, 0.717) is 26.1 Å². The monoisotopic (exact) mass is 432 g/mol. The maximum Gasteiger partial charge on any atom is 0.241 e. The zero-order chi connectivity index (χ0) is 21.6. The van der Waals surface area contributed by atoms with Crippen LogP contribution in [0.2, 0.25) is 0 Å². The predicted octanol–water partition coefficient (Wildman–Crippen LogP) is 1.83. The van der Waals surface area contributed by atoms with Gasteiger partial charge in [0, 0.05) is 19.6 Å². The van der Waals surface area contributed by atoms with E-state index in [-0.39, 0.29) is 17.4 Å². The van der Waals surface area contributed by atoms with Gasteiger partial charge in [0.25, 0.3) is 0 Å². The molecule has 0 aromatic heterocycles.